The van der Waals surface area contributed by atoms with Gasteiger partial charge in [-0.05, 0) is 24.3 Å². The highest BCUT2D eigenvalue weighted by atomic mass is 35.5. The molecule has 0 heterocycles. The van der Waals surface area contributed by atoms with Crippen LogP contribution < -0.4 is 5.32 Å². The van der Waals surface area contributed by atoms with Gasteiger partial charge in [0.1, 0.15) is 0 Å². The predicted octanol–water partition coefficient (Wildman–Crippen LogP) is 2.19. The van der Waals surface area contributed by atoms with E-state index in [9.17, 15) is 9.90 Å². The van der Waals surface area contributed by atoms with Gasteiger partial charge in [0.05, 0.1) is 0 Å². The fourth-order valence-corrected chi connectivity index (χ4v) is 1.13. The zero-order valence-corrected chi connectivity index (χ0v) is 9.72. The molecule has 0 radical (unpaired) electrons. The second-order valence-corrected chi connectivity index (χ2v) is 4.36. The standard InChI is InChI=1S/C9H8Cl3NO2/c10-6-3-1-5(2-4-6)8(14)13-9(15)7(11)12/h1-4,7,9,15H,(H,13,14). The van der Waals surface area contributed by atoms with E-state index in [1.54, 1.807) is 12.1 Å². The summed E-state index contributed by atoms with van der Waals surface area (Å²) < 4.78 is 0. The smallest absolute Gasteiger partial charge is 0.253 e. The SMILES string of the molecule is O=C(NC(O)C(Cl)Cl)c1ccc(Cl)cc1. The zero-order chi connectivity index (χ0) is 11.4. The minimum atomic E-state index is -1.29. The number of aliphatic hydroxyl groups excluding tert-OH is 1. The van der Waals surface area contributed by atoms with Crippen molar-refractivity contribution in [2.24, 2.45) is 0 Å². The summed E-state index contributed by atoms with van der Waals surface area (Å²) >= 11 is 16.4. The molecule has 82 valence electrons. The third-order valence-corrected chi connectivity index (χ3v) is 2.35. The number of carbonyl (C=O) groups is 1. The number of hydrogen-bond donors (Lipinski definition) is 2. The third-order valence-electron chi connectivity index (χ3n) is 1.62. The lowest BCUT2D eigenvalue weighted by Gasteiger charge is -2.13. The monoisotopic (exact) mass is 267 g/mol. The minimum Gasteiger partial charge on any atom is -0.371 e. The molecule has 6 heteroatoms. The van der Waals surface area contributed by atoms with E-state index in [1.807, 2.05) is 0 Å². The number of nitrogens with one attached hydrogen (secondary N) is 1. The van der Waals surface area contributed by atoms with Crippen molar-refractivity contribution in [3.63, 3.8) is 0 Å². The van der Waals surface area contributed by atoms with Crippen LogP contribution >= 0.6 is 34.8 Å². The number of halogens is 3. The van der Waals surface area contributed by atoms with Crippen molar-refractivity contribution < 1.29 is 9.90 Å². The number of hydrogen-bond acceptors (Lipinski definition) is 2. The van der Waals surface area contributed by atoms with Gasteiger partial charge < -0.3 is 10.4 Å². The number of benzene rings is 1. The van der Waals surface area contributed by atoms with Crippen molar-refractivity contribution in [3.8, 4) is 0 Å². The van der Waals surface area contributed by atoms with E-state index >= 15 is 0 Å². The summed E-state index contributed by atoms with van der Waals surface area (Å²) in [7, 11) is 0. The second kappa shape index (κ2) is 5.56. The van der Waals surface area contributed by atoms with Crippen LogP contribution in [0, 0.1) is 0 Å². The molecule has 1 unspecified atom stereocenters. The third kappa shape index (κ3) is 3.87. The molecule has 0 saturated carbocycles. The Hall–Kier alpha value is -0.480. The molecule has 0 aromatic heterocycles. The molecule has 0 bridgehead atoms. The molecule has 15 heavy (non-hydrogen) atoms. The lowest BCUT2D eigenvalue weighted by Crippen LogP contribution is -2.38. The fraction of sp³-hybridized carbons (Fsp3) is 0.222. The largest absolute Gasteiger partial charge is 0.371 e. The van der Waals surface area contributed by atoms with Crippen LogP contribution in [0.2, 0.25) is 5.02 Å². The first kappa shape index (κ1) is 12.6. The molecule has 0 fully saturated rings. The van der Waals surface area contributed by atoms with Gasteiger partial charge in [0.25, 0.3) is 5.91 Å². The fourth-order valence-electron chi connectivity index (χ4n) is 0.882. The van der Waals surface area contributed by atoms with Gasteiger partial charge in [-0.2, -0.15) is 0 Å². The van der Waals surface area contributed by atoms with E-state index in [0.29, 0.717) is 10.6 Å². The van der Waals surface area contributed by atoms with E-state index in [0.717, 1.165) is 0 Å². The van der Waals surface area contributed by atoms with Gasteiger partial charge in [0, 0.05) is 10.6 Å². The summed E-state index contributed by atoms with van der Waals surface area (Å²) in [6.07, 6.45) is -1.29. The summed E-state index contributed by atoms with van der Waals surface area (Å²) in [5, 5.41) is 11.9. The van der Waals surface area contributed by atoms with E-state index < -0.39 is 17.0 Å². The predicted molar refractivity (Wildman–Crippen MR) is 60.4 cm³/mol. The quantitative estimate of drug-likeness (QED) is 0.652. The highest BCUT2D eigenvalue weighted by molar-refractivity contribution is 6.44. The van der Waals surface area contributed by atoms with Crippen LogP contribution in [0.3, 0.4) is 0 Å². The van der Waals surface area contributed by atoms with Gasteiger partial charge in [-0.1, -0.05) is 11.6 Å². The van der Waals surface area contributed by atoms with Crippen molar-refractivity contribution in [2.45, 2.75) is 11.1 Å². The molecule has 0 spiro atoms. The Morgan fingerprint density at radius 3 is 2.27 bits per heavy atom. The Morgan fingerprint density at radius 2 is 1.80 bits per heavy atom. The van der Waals surface area contributed by atoms with Gasteiger partial charge in [0.15, 0.2) is 11.1 Å². The van der Waals surface area contributed by atoms with Crippen LogP contribution in [0.4, 0.5) is 0 Å². The number of rotatable bonds is 3. The maximum absolute atomic E-state index is 11.4. The van der Waals surface area contributed by atoms with Crippen molar-refractivity contribution in [1.82, 2.24) is 5.32 Å². The molecule has 1 aromatic rings. The van der Waals surface area contributed by atoms with E-state index in [1.165, 1.54) is 12.1 Å². The van der Waals surface area contributed by atoms with Crippen LogP contribution in [-0.4, -0.2) is 22.1 Å². The van der Waals surface area contributed by atoms with Crippen molar-refractivity contribution >= 4 is 40.7 Å². The zero-order valence-electron chi connectivity index (χ0n) is 7.45. The number of alkyl halides is 2. The first-order valence-corrected chi connectivity index (χ1v) is 5.28. The number of carbonyl (C=O) groups excluding carboxylic acids is 1. The van der Waals surface area contributed by atoms with Crippen LogP contribution in [-0.2, 0) is 0 Å². The average molecular weight is 269 g/mol. The second-order valence-electron chi connectivity index (χ2n) is 2.76. The highest BCUT2D eigenvalue weighted by Gasteiger charge is 2.16. The summed E-state index contributed by atoms with van der Waals surface area (Å²) in [5.41, 5.74) is 0.368. The first-order chi connectivity index (χ1) is 7.00. The highest BCUT2D eigenvalue weighted by Crippen LogP contribution is 2.10. The molecule has 1 rings (SSSR count). The molecule has 2 N–H and O–H groups in total. The molecule has 1 amide bonds. The van der Waals surface area contributed by atoms with Gasteiger partial charge >= 0.3 is 0 Å². The van der Waals surface area contributed by atoms with Crippen LogP contribution in [0.1, 0.15) is 10.4 Å². The van der Waals surface area contributed by atoms with Gasteiger partial charge in [-0.15, -0.1) is 23.2 Å². The van der Waals surface area contributed by atoms with Gasteiger partial charge in [-0.25, -0.2) is 0 Å². The Morgan fingerprint density at radius 1 is 1.27 bits per heavy atom. The van der Waals surface area contributed by atoms with E-state index in [-0.39, 0.29) is 0 Å². The number of aliphatic hydroxyl groups is 1. The topological polar surface area (TPSA) is 49.3 Å². The van der Waals surface area contributed by atoms with Crippen LogP contribution in [0.25, 0.3) is 0 Å². The van der Waals surface area contributed by atoms with Gasteiger partial charge in [0.2, 0.25) is 0 Å². The summed E-state index contributed by atoms with van der Waals surface area (Å²) in [6, 6.07) is 6.20. The molecule has 1 aromatic carbocycles. The Balaban J connectivity index is 2.65. The lowest BCUT2D eigenvalue weighted by atomic mass is 10.2. The number of amides is 1. The summed E-state index contributed by atoms with van der Waals surface area (Å²) in [6.45, 7) is 0. The maximum Gasteiger partial charge on any atom is 0.253 e. The molecule has 1 atom stereocenters. The van der Waals surface area contributed by atoms with Crippen LogP contribution in [0.5, 0.6) is 0 Å². The Kier molecular flexibility index (Phi) is 4.67. The van der Waals surface area contributed by atoms with Crippen molar-refractivity contribution in [3.05, 3.63) is 34.9 Å². The van der Waals surface area contributed by atoms with Crippen molar-refractivity contribution in [2.75, 3.05) is 0 Å². The summed E-state index contributed by atoms with van der Waals surface area (Å²) in [5.74, 6) is -0.467. The molecule has 3 nitrogen and oxygen atoms in total. The maximum atomic E-state index is 11.4. The summed E-state index contributed by atoms with van der Waals surface area (Å²) in [4.78, 5) is 10.4. The van der Waals surface area contributed by atoms with Crippen LogP contribution in [0.15, 0.2) is 24.3 Å². The Bertz CT molecular complexity index is 340. The Labute approximate surface area is 102 Å². The van der Waals surface area contributed by atoms with E-state index in [2.05, 4.69) is 5.32 Å². The molecule has 0 aliphatic rings. The molecule has 0 aliphatic heterocycles. The lowest BCUT2D eigenvalue weighted by molar-refractivity contribution is 0.0809. The first-order valence-electron chi connectivity index (χ1n) is 4.03. The van der Waals surface area contributed by atoms with Crippen molar-refractivity contribution in [1.29, 1.82) is 0 Å². The van der Waals surface area contributed by atoms with E-state index in [4.69, 9.17) is 34.8 Å². The molecular weight excluding hydrogens is 260 g/mol. The minimum absolute atomic E-state index is 0.368. The normalized spacial score (nSPS) is 12.6. The molecule has 0 aliphatic carbocycles. The van der Waals surface area contributed by atoms with Gasteiger partial charge in [-0.3, -0.25) is 4.79 Å². The molecule has 0 saturated heterocycles. The average Bonchev–Trinajstić information content (AvgIpc) is 2.18. The molecular formula is C9H8Cl3NO2.